The summed E-state index contributed by atoms with van der Waals surface area (Å²) in [7, 11) is 0. The van der Waals surface area contributed by atoms with E-state index in [2.05, 4.69) is 15.0 Å². The zero-order valence-corrected chi connectivity index (χ0v) is 11.8. The Balaban J connectivity index is 2.14. The van der Waals surface area contributed by atoms with E-state index in [1.165, 1.54) is 0 Å². The molecule has 2 aromatic heterocycles. The Morgan fingerprint density at radius 2 is 2.05 bits per heavy atom. The van der Waals surface area contributed by atoms with Crippen LogP contribution in [0.5, 0.6) is 0 Å². The molecule has 0 bridgehead atoms. The highest BCUT2D eigenvalue weighted by atomic mass is 35.5. The monoisotopic (exact) mass is 318 g/mol. The molecule has 8 nitrogen and oxygen atoms in total. The molecule has 2 heterocycles. The average molecular weight is 319 g/mol. The molecule has 1 aromatic carbocycles. The van der Waals surface area contributed by atoms with Gasteiger partial charge in [0.25, 0.3) is 0 Å². The van der Waals surface area contributed by atoms with Gasteiger partial charge in [0.1, 0.15) is 11.8 Å². The Hall–Kier alpha value is -2.87. The van der Waals surface area contributed by atoms with Crippen LogP contribution in [0, 0.1) is 0 Å². The van der Waals surface area contributed by atoms with Crippen molar-refractivity contribution in [1.29, 1.82) is 0 Å². The summed E-state index contributed by atoms with van der Waals surface area (Å²) in [6.07, 6.45) is -0.397. The zero-order valence-electron chi connectivity index (χ0n) is 11.1. The van der Waals surface area contributed by atoms with E-state index in [4.69, 9.17) is 11.6 Å². The van der Waals surface area contributed by atoms with Gasteiger partial charge in [-0.25, -0.2) is 14.8 Å². The molecule has 0 fully saturated rings. The van der Waals surface area contributed by atoms with E-state index in [1.54, 1.807) is 30.3 Å². The van der Waals surface area contributed by atoms with E-state index >= 15 is 0 Å². The van der Waals surface area contributed by atoms with Gasteiger partial charge in [-0.05, 0) is 5.56 Å². The highest BCUT2D eigenvalue weighted by Crippen LogP contribution is 2.16. The van der Waals surface area contributed by atoms with Crippen molar-refractivity contribution in [3.05, 3.63) is 57.9 Å². The number of H-pyrrole nitrogens is 1. The van der Waals surface area contributed by atoms with Gasteiger partial charge in [-0.3, -0.25) is 5.01 Å². The number of nitrogens with zero attached hydrogens (tertiary/aromatic N) is 4. The molecule has 0 saturated heterocycles. The molecule has 0 aliphatic rings. The van der Waals surface area contributed by atoms with Gasteiger partial charge in [0, 0.05) is 0 Å². The van der Waals surface area contributed by atoms with Crippen LogP contribution in [-0.4, -0.2) is 25.7 Å². The molecule has 0 spiro atoms. The predicted octanol–water partition coefficient (Wildman–Crippen LogP) is 0.254. The number of halogens is 1. The van der Waals surface area contributed by atoms with Gasteiger partial charge in [-0.1, -0.05) is 41.9 Å². The number of aromatic amines is 1. The molecule has 0 unspecified atom stereocenters. The summed E-state index contributed by atoms with van der Waals surface area (Å²) in [5, 5.41) is 12.2. The van der Waals surface area contributed by atoms with Gasteiger partial charge in [-0.2, -0.15) is 4.68 Å². The summed E-state index contributed by atoms with van der Waals surface area (Å²) >= 11 is 5.87. The van der Waals surface area contributed by atoms with Crippen LogP contribution in [0.3, 0.4) is 0 Å². The summed E-state index contributed by atoms with van der Waals surface area (Å²) in [5.41, 5.74) is 0.212. The van der Waals surface area contributed by atoms with Crippen molar-refractivity contribution in [1.82, 2.24) is 19.6 Å². The first-order chi connectivity index (χ1) is 10.6. The maximum absolute atomic E-state index is 12.1. The molecule has 0 aliphatic heterocycles. The number of nitrogens with one attached hydrogen (secondary N) is 1. The lowest BCUT2D eigenvalue weighted by atomic mass is 10.2. The minimum atomic E-state index is -1.54. The van der Waals surface area contributed by atoms with Crippen molar-refractivity contribution in [2.75, 3.05) is 5.01 Å². The van der Waals surface area contributed by atoms with Gasteiger partial charge in [0.05, 0.1) is 6.54 Å². The van der Waals surface area contributed by atoms with Crippen molar-refractivity contribution in [2.24, 2.45) is 0 Å². The number of rotatable bonds is 3. The van der Waals surface area contributed by atoms with E-state index in [0.717, 1.165) is 16.0 Å². The van der Waals surface area contributed by atoms with E-state index in [9.17, 15) is 14.7 Å². The molecule has 22 heavy (non-hydrogen) atoms. The SMILES string of the molecule is O=C([O-])N(Cc1ccccc1)n1c(=O)[nH]c2c(Cl)ncnc21. The van der Waals surface area contributed by atoms with Crippen LogP contribution >= 0.6 is 11.6 Å². The molecule has 0 atom stereocenters. The van der Waals surface area contributed by atoms with E-state index in [0.29, 0.717) is 5.56 Å². The highest BCUT2D eigenvalue weighted by molar-refractivity contribution is 6.33. The second kappa shape index (κ2) is 5.49. The Labute approximate surface area is 128 Å². The molecule has 1 amide bonds. The van der Waals surface area contributed by atoms with Crippen molar-refractivity contribution in [3.8, 4) is 0 Å². The van der Waals surface area contributed by atoms with Crippen LogP contribution < -0.4 is 15.8 Å². The first kappa shape index (κ1) is 14.1. The maximum Gasteiger partial charge on any atom is 0.347 e. The number of fused-ring (bicyclic) bond motifs is 1. The predicted molar refractivity (Wildman–Crippen MR) is 76.9 cm³/mol. The summed E-state index contributed by atoms with van der Waals surface area (Å²) in [5.74, 6) is 0. The van der Waals surface area contributed by atoms with Crippen molar-refractivity contribution < 1.29 is 9.90 Å². The van der Waals surface area contributed by atoms with Gasteiger partial charge >= 0.3 is 5.69 Å². The number of carboxylic acid groups (broad SMARTS) is 1. The molecule has 3 aromatic rings. The standard InChI is InChI=1S/C13H10ClN5O3/c14-10-9-11(16-7-15-10)19(12(20)17-9)18(13(21)22)6-8-4-2-1-3-5-8/h1-5,7H,6H2,(H,17,20)(H,21,22)/p-1. The third-order valence-electron chi connectivity index (χ3n) is 3.03. The lowest BCUT2D eigenvalue weighted by Gasteiger charge is -2.25. The number of hydrogen-bond acceptors (Lipinski definition) is 5. The smallest absolute Gasteiger partial charge is 0.347 e. The molecular formula is C13H9ClN5O3-. The summed E-state index contributed by atoms with van der Waals surface area (Å²) in [4.78, 5) is 33.6. The van der Waals surface area contributed by atoms with Gasteiger partial charge in [0.2, 0.25) is 0 Å². The fraction of sp³-hybridized carbons (Fsp3) is 0.0769. The fourth-order valence-corrected chi connectivity index (χ4v) is 2.25. The van der Waals surface area contributed by atoms with E-state index in [-0.39, 0.29) is 22.9 Å². The fourth-order valence-electron chi connectivity index (χ4n) is 2.08. The second-order valence-corrected chi connectivity index (χ2v) is 4.77. The van der Waals surface area contributed by atoms with Crippen molar-refractivity contribution >= 4 is 28.9 Å². The number of aromatic nitrogens is 4. The van der Waals surface area contributed by atoms with E-state index < -0.39 is 11.8 Å². The molecule has 1 N–H and O–H groups in total. The molecule has 0 radical (unpaired) electrons. The molecule has 0 aliphatic carbocycles. The van der Waals surface area contributed by atoms with Crippen LogP contribution in [0.25, 0.3) is 11.2 Å². The minimum Gasteiger partial charge on any atom is -0.529 e. The minimum absolute atomic E-state index is 0.0267. The number of hydrogen-bond donors (Lipinski definition) is 1. The summed E-state index contributed by atoms with van der Waals surface area (Å²) < 4.78 is 0.866. The Bertz CT molecular complexity index is 890. The van der Waals surface area contributed by atoms with Crippen LogP contribution in [0.15, 0.2) is 41.5 Å². The third kappa shape index (κ3) is 2.40. The van der Waals surface area contributed by atoms with Gasteiger partial charge in [0.15, 0.2) is 16.9 Å². The Kier molecular flexibility index (Phi) is 3.51. The number of imidazole rings is 1. The lowest BCUT2D eigenvalue weighted by molar-refractivity contribution is -0.249. The number of amides is 1. The Morgan fingerprint density at radius 1 is 1.32 bits per heavy atom. The van der Waals surface area contributed by atoms with Crippen LogP contribution in [-0.2, 0) is 6.54 Å². The van der Waals surface area contributed by atoms with Crippen molar-refractivity contribution in [2.45, 2.75) is 6.54 Å². The van der Waals surface area contributed by atoms with Crippen LogP contribution in [0.2, 0.25) is 5.15 Å². The number of benzene rings is 1. The third-order valence-corrected chi connectivity index (χ3v) is 3.32. The van der Waals surface area contributed by atoms with Crippen LogP contribution in [0.4, 0.5) is 4.79 Å². The number of carbonyl (C=O) groups excluding carboxylic acids is 1. The van der Waals surface area contributed by atoms with Gasteiger partial charge in [-0.15, -0.1) is 0 Å². The largest absolute Gasteiger partial charge is 0.529 e. The molecular weight excluding hydrogens is 310 g/mol. The first-order valence-electron chi connectivity index (χ1n) is 6.22. The topological polar surface area (TPSA) is 107 Å². The molecule has 0 saturated carbocycles. The normalized spacial score (nSPS) is 10.8. The summed E-state index contributed by atoms with van der Waals surface area (Å²) in [6.45, 7) is -0.0718. The zero-order chi connectivity index (χ0) is 15.7. The number of carbonyl (C=O) groups is 1. The molecule has 3 rings (SSSR count). The quantitative estimate of drug-likeness (QED) is 0.697. The summed E-state index contributed by atoms with van der Waals surface area (Å²) in [6, 6.07) is 8.80. The van der Waals surface area contributed by atoms with Gasteiger partial charge < -0.3 is 14.9 Å². The van der Waals surface area contributed by atoms with Crippen LogP contribution in [0.1, 0.15) is 5.56 Å². The lowest BCUT2D eigenvalue weighted by Crippen LogP contribution is -2.51. The molecule has 112 valence electrons. The van der Waals surface area contributed by atoms with Crippen molar-refractivity contribution in [3.63, 3.8) is 0 Å². The average Bonchev–Trinajstić information content (AvgIpc) is 2.83. The second-order valence-electron chi connectivity index (χ2n) is 4.41. The molecule has 9 heteroatoms. The Morgan fingerprint density at radius 3 is 2.73 bits per heavy atom. The maximum atomic E-state index is 12.1. The highest BCUT2D eigenvalue weighted by Gasteiger charge is 2.18. The van der Waals surface area contributed by atoms with E-state index in [1.807, 2.05) is 0 Å². The first-order valence-corrected chi connectivity index (χ1v) is 6.59.